The lowest BCUT2D eigenvalue weighted by Crippen LogP contribution is -2.15. The van der Waals surface area contributed by atoms with Gasteiger partial charge in [-0.15, -0.1) is 0 Å². The first-order chi connectivity index (χ1) is 14.9. The molecule has 2 aromatic carbocycles. The van der Waals surface area contributed by atoms with Crippen molar-refractivity contribution in [2.75, 3.05) is 11.9 Å². The van der Waals surface area contributed by atoms with Gasteiger partial charge in [-0.25, -0.2) is 0 Å². The number of nitrogens with one attached hydrogen (secondary N) is 1. The van der Waals surface area contributed by atoms with Crippen LogP contribution in [0.3, 0.4) is 0 Å². The standard InChI is InChI=1S/C26H30N2O3/c1-6-30-19(5)24-16-15-23(18(4)27-24)26(29)28-20-11-13-21(14-12-20)31-25-10-8-7-9-22(25)17(2)3/h7-17,19H,6H2,1-5H3,(H,28,29). The van der Waals surface area contributed by atoms with E-state index in [0.717, 1.165) is 22.8 Å². The molecule has 1 aromatic heterocycles. The maximum atomic E-state index is 12.7. The Labute approximate surface area is 184 Å². The molecule has 0 saturated carbocycles. The van der Waals surface area contributed by atoms with Crippen LogP contribution in [0.15, 0.2) is 60.7 Å². The van der Waals surface area contributed by atoms with E-state index in [1.165, 1.54) is 0 Å². The van der Waals surface area contributed by atoms with Gasteiger partial charge in [0.05, 0.1) is 23.1 Å². The van der Waals surface area contributed by atoms with Crippen molar-refractivity contribution in [3.63, 3.8) is 0 Å². The summed E-state index contributed by atoms with van der Waals surface area (Å²) in [6.07, 6.45) is -0.103. The molecular weight excluding hydrogens is 388 g/mol. The highest BCUT2D eigenvalue weighted by molar-refractivity contribution is 6.05. The van der Waals surface area contributed by atoms with Gasteiger partial charge < -0.3 is 14.8 Å². The number of para-hydroxylation sites is 1. The van der Waals surface area contributed by atoms with Crippen molar-refractivity contribution >= 4 is 11.6 Å². The molecule has 1 unspecified atom stereocenters. The summed E-state index contributed by atoms with van der Waals surface area (Å²) >= 11 is 0. The molecule has 1 atom stereocenters. The number of ether oxygens (including phenoxy) is 2. The molecule has 1 N–H and O–H groups in total. The summed E-state index contributed by atoms with van der Waals surface area (Å²) in [5.41, 5.74) is 3.88. The van der Waals surface area contributed by atoms with Crippen LogP contribution in [-0.2, 0) is 4.74 Å². The topological polar surface area (TPSA) is 60.5 Å². The van der Waals surface area contributed by atoms with Gasteiger partial charge in [0, 0.05) is 12.3 Å². The third kappa shape index (κ3) is 5.70. The van der Waals surface area contributed by atoms with Crippen LogP contribution in [0.2, 0.25) is 0 Å². The molecule has 0 spiro atoms. The summed E-state index contributed by atoms with van der Waals surface area (Å²) in [6, 6.07) is 19.0. The molecule has 3 aromatic rings. The Bertz CT molecular complexity index is 1030. The molecule has 1 amide bonds. The third-order valence-electron chi connectivity index (χ3n) is 5.07. The van der Waals surface area contributed by atoms with Crippen LogP contribution in [0.4, 0.5) is 5.69 Å². The smallest absolute Gasteiger partial charge is 0.257 e. The molecule has 5 heteroatoms. The fraction of sp³-hybridized carbons (Fsp3) is 0.308. The van der Waals surface area contributed by atoms with Crippen molar-refractivity contribution < 1.29 is 14.3 Å². The average Bonchev–Trinajstić information content (AvgIpc) is 2.75. The van der Waals surface area contributed by atoms with Gasteiger partial charge in [0.15, 0.2) is 0 Å². The molecule has 0 aliphatic carbocycles. The second kappa shape index (κ2) is 10.2. The number of amides is 1. The fourth-order valence-corrected chi connectivity index (χ4v) is 3.36. The van der Waals surface area contributed by atoms with Gasteiger partial charge in [-0.1, -0.05) is 32.0 Å². The number of carbonyl (C=O) groups excluding carboxylic acids is 1. The predicted octanol–water partition coefficient (Wildman–Crippen LogP) is 6.66. The summed E-state index contributed by atoms with van der Waals surface area (Å²) in [6.45, 7) is 10.6. The first-order valence-electron chi connectivity index (χ1n) is 10.7. The lowest BCUT2D eigenvalue weighted by molar-refractivity contribution is 0.0732. The highest BCUT2D eigenvalue weighted by Gasteiger charge is 2.14. The largest absolute Gasteiger partial charge is 0.457 e. The Balaban J connectivity index is 1.68. The van der Waals surface area contributed by atoms with Crippen molar-refractivity contribution in [1.29, 1.82) is 0 Å². The zero-order chi connectivity index (χ0) is 22.4. The number of rotatable bonds is 8. The molecule has 1 heterocycles. The minimum Gasteiger partial charge on any atom is -0.457 e. The monoisotopic (exact) mass is 418 g/mol. The van der Waals surface area contributed by atoms with Gasteiger partial charge in [0.1, 0.15) is 11.5 Å². The van der Waals surface area contributed by atoms with Crippen molar-refractivity contribution in [3.05, 3.63) is 83.2 Å². The molecule has 0 bridgehead atoms. The van der Waals surface area contributed by atoms with Crippen molar-refractivity contribution in [2.45, 2.75) is 46.6 Å². The Kier molecular flexibility index (Phi) is 7.42. The summed E-state index contributed by atoms with van der Waals surface area (Å²) < 4.78 is 11.6. The first kappa shape index (κ1) is 22.5. The van der Waals surface area contributed by atoms with E-state index in [1.54, 1.807) is 6.07 Å². The minimum atomic E-state index is -0.195. The Morgan fingerprint density at radius 1 is 1.00 bits per heavy atom. The number of pyridine rings is 1. The highest BCUT2D eigenvalue weighted by Crippen LogP contribution is 2.30. The molecule has 0 saturated heterocycles. The number of aromatic nitrogens is 1. The predicted molar refractivity (Wildman–Crippen MR) is 124 cm³/mol. The number of carbonyl (C=O) groups is 1. The zero-order valence-corrected chi connectivity index (χ0v) is 18.8. The van der Waals surface area contributed by atoms with Crippen LogP contribution in [0.25, 0.3) is 0 Å². The number of aryl methyl sites for hydroxylation is 1. The molecule has 3 rings (SSSR count). The van der Waals surface area contributed by atoms with Gasteiger partial charge >= 0.3 is 0 Å². The van der Waals surface area contributed by atoms with E-state index in [9.17, 15) is 4.79 Å². The third-order valence-corrected chi connectivity index (χ3v) is 5.07. The second-order valence-electron chi connectivity index (χ2n) is 7.74. The Hall–Kier alpha value is -3.18. The van der Waals surface area contributed by atoms with Crippen LogP contribution in [0.5, 0.6) is 11.5 Å². The fourth-order valence-electron chi connectivity index (χ4n) is 3.36. The summed E-state index contributed by atoms with van der Waals surface area (Å²) in [4.78, 5) is 17.3. The highest BCUT2D eigenvalue weighted by atomic mass is 16.5. The number of anilines is 1. The molecule has 31 heavy (non-hydrogen) atoms. The van der Waals surface area contributed by atoms with E-state index in [-0.39, 0.29) is 12.0 Å². The van der Waals surface area contributed by atoms with E-state index < -0.39 is 0 Å². The molecule has 0 aliphatic heterocycles. The second-order valence-corrected chi connectivity index (χ2v) is 7.74. The Morgan fingerprint density at radius 2 is 1.71 bits per heavy atom. The molecule has 0 radical (unpaired) electrons. The van der Waals surface area contributed by atoms with Gasteiger partial charge in [0.2, 0.25) is 0 Å². The van der Waals surface area contributed by atoms with Crippen LogP contribution < -0.4 is 10.1 Å². The van der Waals surface area contributed by atoms with E-state index >= 15 is 0 Å². The maximum Gasteiger partial charge on any atom is 0.257 e. The van der Waals surface area contributed by atoms with Crippen LogP contribution in [0.1, 0.15) is 67.0 Å². The Morgan fingerprint density at radius 3 is 2.35 bits per heavy atom. The summed E-state index contributed by atoms with van der Waals surface area (Å²) in [5, 5.41) is 2.93. The quantitative estimate of drug-likeness (QED) is 0.444. The minimum absolute atomic E-state index is 0.103. The van der Waals surface area contributed by atoms with Crippen LogP contribution >= 0.6 is 0 Å². The van der Waals surface area contributed by atoms with E-state index in [1.807, 2.05) is 69.3 Å². The lowest BCUT2D eigenvalue weighted by Gasteiger charge is -2.14. The van der Waals surface area contributed by atoms with Gasteiger partial charge in [0.25, 0.3) is 5.91 Å². The summed E-state index contributed by atoms with van der Waals surface area (Å²) in [7, 11) is 0. The van der Waals surface area contributed by atoms with Crippen molar-refractivity contribution in [3.8, 4) is 11.5 Å². The molecule has 0 aliphatic rings. The first-order valence-corrected chi connectivity index (χ1v) is 10.7. The van der Waals surface area contributed by atoms with Crippen LogP contribution in [0, 0.1) is 6.92 Å². The number of benzene rings is 2. The number of hydrogen-bond donors (Lipinski definition) is 1. The maximum absolute atomic E-state index is 12.7. The van der Waals surface area contributed by atoms with Gasteiger partial charge in [-0.2, -0.15) is 0 Å². The number of nitrogens with zero attached hydrogens (tertiary/aromatic N) is 1. The van der Waals surface area contributed by atoms with Crippen molar-refractivity contribution in [2.24, 2.45) is 0 Å². The molecular formula is C26H30N2O3. The van der Waals surface area contributed by atoms with Gasteiger partial charge in [-0.05, 0) is 74.7 Å². The zero-order valence-electron chi connectivity index (χ0n) is 18.8. The average molecular weight is 419 g/mol. The molecule has 162 valence electrons. The number of hydrogen-bond acceptors (Lipinski definition) is 4. The molecule has 5 nitrogen and oxygen atoms in total. The van der Waals surface area contributed by atoms with E-state index in [4.69, 9.17) is 9.47 Å². The normalized spacial score (nSPS) is 11.9. The van der Waals surface area contributed by atoms with E-state index in [2.05, 4.69) is 30.2 Å². The SMILES string of the molecule is CCOC(C)c1ccc(C(=O)Nc2ccc(Oc3ccccc3C(C)C)cc2)c(C)n1. The van der Waals surface area contributed by atoms with Crippen molar-refractivity contribution in [1.82, 2.24) is 4.98 Å². The molecule has 0 fully saturated rings. The van der Waals surface area contributed by atoms with E-state index in [0.29, 0.717) is 29.5 Å². The lowest BCUT2D eigenvalue weighted by atomic mass is 10.0. The summed E-state index contributed by atoms with van der Waals surface area (Å²) in [5.74, 6) is 1.74. The van der Waals surface area contributed by atoms with Crippen LogP contribution in [-0.4, -0.2) is 17.5 Å². The van der Waals surface area contributed by atoms with Gasteiger partial charge in [-0.3, -0.25) is 9.78 Å².